The molecule has 77 heavy (non-hydrogen) atoms. The Hall–Kier alpha value is -6.37. The number of carbonyl (C=O) groups excluding carboxylic acids is 3. The molecule has 0 radical (unpaired) electrons. The van der Waals surface area contributed by atoms with Gasteiger partial charge in [0.05, 0.1) is 109 Å². The number of aliphatic hydroxyl groups excluding tert-OH is 1. The summed E-state index contributed by atoms with van der Waals surface area (Å²) in [6.07, 6.45) is -0.364. The molecular formula is C55H72FN11O9S. The molecule has 3 aromatic carbocycles. The van der Waals surface area contributed by atoms with Crippen molar-refractivity contribution in [2.45, 2.75) is 65.3 Å². The van der Waals surface area contributed by atoms with Crippen LogP contribution in [0.5, 0.6) is 0 Å². The van der Waals surface area contributed by atoms with E-state index >= 15 is 0 Å². The molecule has 2 saturated heterocycles. The Labute approximate surface area is 451 Å². The van der Waals surface area contributed by atoms with Gasteiger partial charge >= 0.3 is 0 Å². The maximum Gasteiger partial charge on any atom is 0.261 e. The maximum absolute atomic E-state index is 14.6. The molecule has 0 bridgehead atoms. The monoisotopic (exact) mass is 1080 g/mol. The fourth-order valence-electron chi connectivity index (χ4n) is 9.65. The number of hydrogen-bond donors (Lipinski definition) is 7. The predicted molar refractivity (Wildman–Crippen MR) is 295 cm³/mol. The van der Waals surface area contributed by atoms with Crippen LogP contribution in [0.2, 0.25) is 0 Å². The van der Waals surface area contributed by atoms with Crippen LogP contribution in [-0.2, 0) is 39.9 Å². The van der Waals surface area contributed by atoms with Crippen LogP contribution in [0.25, 0.3) is 43.8 Å². The molecule has 6 aromatic rings. The first kappa shape index (κ1) is 56.8. The lowest BCUT2D eigenvalue weighted by Crippen LogP contribution is -2.57. The number of benzene rings is 3. The molecule has 2 fully saturated rings. The molecule has 20 nitrogen and oxygen atoms in total. The average molecular weight is 1080 g/mol. The molecule has 0 aliphatic carbocycles. The van der Waals surface area contributed by atoms with Gasteiger partial charge in [0.2, 0.25) is 17.7 Å². The molecule has 1 unspecified atom stereocenters. The number of β-amino-alcohol motifs (C(OH)–C–C–N with tert-alkyl or cyclic N) is 1. The number of amides is 3. The second-order valence-electron chi connectivity index (χ2n) is 20.4. The number of aromatic nitrogens is 4. The number of aliphatic hydroxyl groups is 1. The minimum atomic E-state index is -0.792. The van der Waals surface area contributed by atoms with Crippen LogP contribution < -0.4 is 32.1 Å². The zero-order valence-corrected chi connectivity index (χ0v) is 45.1. The van der Waals surface area contributed by atoms with E-state index in [1.165, 1.54) is 17.0 Å². The van der Waals surface area contributed by atoms with E-state index < -0.39 is 35.0 Å². The molecule has 8 rings (SSSR count). The lowest BCUT2D eigenvalue weighted by molar-refractivity contribution is -0.142. The number of pyridine rings is 1. The van der Waals surface area contributed by atoms with Crippen molar-refractivity contribution < 1.29 is 42.8 Å². The van der Waals surface area contributed by atoms with Crippen molar-refractivity contribution in [1.82, 2.24) is 45.7 Å². The summed E-state index contributed by atoms with van der Waals surface area (Å²) >= 11 is 1.59. The van der Waals surface area contributed by atoms with E-state index in [9.17, 15) is 28.7 Å². The van der Waals surface area contributed by atoms with E-state index in [0.29, 0.717) is 83.5 Å². The number of anilines is 2. The van der Waals surface area contributed by atoms with Crippen molar-refractivity contribution in [3.05, 3.63) is 93.6 Å². The fraction of sp³-hybridized carbons (Fsp3) is 0.491. The highest BCUT2D eigenvalue weighted by Gasteiger charge is 2.43. The van der Waals surface area contributed by atoms with Gasteiger partial charge in [-0.1, -0.05) is 51.1 Å². The molecule has 3 amide bonds. The first-order valence-corrected chi connectivity index (χ1v) is 27.2. The van der Waals surface area contributed by atoms with Crippen molar-refractivity contribution in [3.63, 3.8) is 0 Å². The highest BCUT2D eigenvalue weighted by Crippen LogP contribution is 2.32. The first-order chi connectivity index (χ1) is 37.1. The maximum atomic E-state index is 14.6. The van der Waals surface area contributed by atoms with Gasteiger partial charge in [0.25, 0.3) is 5.56 Å². The number of nitrogens with zero attached hydrogens (tertiary/aromatic N) is 5. The molecule has 5 heterocycles. The summed E-state index contributed by atoms with van der Waals surface area (Å²) in [5.74, 6) is -0.849. The number of piperazine rings is 1. The molecule has 3 atom stereocenters. The molecule has 2 aliphatic rings. The van der Waals surface area contributed by atoms with Gasteiger partial charge in [-0.3, -0.25) is 24.1 Å². The topological polar surface area (TPSA) is 255 Å². The van der Waals surface area contributed by atoms with E-state index in [1.54, 1.807) is 17.4 Å². The van der Waals surface area contributed by atoms with Crippen molar-refractivity contribution >= 4 is 62.4 Å². The molecule has 0 saturated carbocycles. The van der Waals surface area contributed by atoms with Crippen LogP contribution in [0.15, 0.2) is 71.0 Å². The Morgan fingerprint density at radius 2 is 1.58 bits per heavy atom. The fourth-order valence-corrected chi connectivity index (χ4v) is 10.5. The van der Waals surface area contributed by atoms with Crippen LogP contribution in [0.1, 0.15) is 44.9 Å². The van der Waals surface area contributed by atoms with E-state index in [4.69, 9.17) is 24.7 Å². The van der Waals surface area contributed by atoms with Crippen molar-refractivity contribution in [2.24, 2.45) is 5.41 Å². The Kier molecular flexibility index (Phi) is 19.8. The van der Waals surface area contributed by atoms with E-state index in [0.717, 1.165) is 65.6 Å². The second kappa shape index (κ2) is 26.8. The number of ether oxygens (including phenoxy) is 4. The molecular weight excluding hydrogens is 1010 g/mol. The van der Waals surface area contributed by atoms with Gasteiger partial charge in [-0.25, -0.2) is 14.4 Å². The molecule has 22 heteroatoms. The minimum absolute atomic E-state index is 0.0357. The Bertz CT molecular complexity index is 2990. The van der Waals surface area contributed by atoms with E-state index in [-0.39, 0.29) is 59.6 Å². The van der Waals surface area contributed by atoms with Crippen LogP contribution in [0.3, 0.4) is 0 Å². The number of nitrogens with one attached hydrogen (secondary N) is 5. The lowest BCUT2D eigenvalue weighted by Gasteiger charge is -2.36. The molecule has 414 valence electrons. The van der Waals surface area contributed by atoms with Gasteiger partial charge in [0.1, 0.15) is 23.2 Å². The first-order valence-electron chi connectivity index (χ1n) is 26.3. The van der Waals surface area contributed by atoms with Crippen molar-refractivity contribution in [2.75, 3.05) is 116 Å². The SMILES string of the molecule is Cc1ncsc1-c1ccc(CNC(=O)[C@@H]2C[C@@H](O)CN2C(=O)C(NCCOCCOCCOCCOCCC(=O)NCCN2CCN(c3ccc4[nH]c(-c5c(N)c6c(F)cccc6[nH]c5=O)nc4c3)CC2)C(C)(C)C)cc1. The number of nitrogen functional groups attached to an aromatic ring is 1. The number of rotatable bonds is 26. The number of thiazole rings is 1. The van der Waals surface area contributed by atoms with E-state index in [2.05, 4.69) is 45.7 Å². The zero-order chi connectivity index (χ0) is 54.5. The molecule has 0 spiro atoms. The number of fused-ring (bicyclic) bond motifs is 2. The van der Waals surface area contributed by atoms with Crippen molar-refractivity contribution in [1.29, 1.82) is 0 Å². The summed E-state index contributed by atoms with van der Waals surface area (Å²) in [7, 11) is 0. The zero-order valence-electron chi connectivity index (χ0n) is 44.3. The Morgan fingerprint density at radius 3 is 2.27 bits per heavy atom. The van der Waals surface area contributed by atoms with Gasteiger partial charge in [-0.15, -0.1) is 11.3 Å². The highest BCUT2D eigenvalue weighted by molar-refractivity contribution is 7.13. The Balaban J connectivity index is 0.624. The summed E-state index contributed by atoms with van der Waals surface area (Å²) in [5, 5.41) is 20.0. The number of hydrogen-bond acceptors (Lipinski definition) is 16. The number of likely N-dealkylation sites (tertiary alicyclic amines) is 1. The third-order valence-electron chi connectivity index (χ3n) is 13.8. The number of imidazole rings is 1. The molecule has 8 N–H and O–H groups in total. The van der Waals surface area contributed by atoms with Gasteiger partial charge < -0.3 is 65.5 Å². The molecule has 2 aliphatic heterocycles. The summed E-state index contributed by atoms with van der Waals surface area (Å²) in [4.78, 5) is 74.8. The minimum Gasteiger partial charge on any atom is -0.397 e. The van der Waals surface area contributed by atoms with Gasteiger partial charge in [0.15, 0.2) is 0 Å². The third kappa shape index (κ3) is 15.0. The summed E-state index contributed by atoms with van der Waals surface area (Å²) in [6.45, 7) is 16.0. The van der Waals surface area contributed by atoms with Crippen LogP contribution >= 0.6 is 11.3 Å². The van der Waals surface area contributed by atoms with E-state index in [1.807, 2.05) is 75.7 Å². The number of halogens is 1. The average Bonchev–Trinajstić information content (AvgIpc) is 4.18. The highest BCUT2D eigenvalue weighted by atomic mass is 32.1. The number of aromatic amines is 2. The smallest absolute Gasteiger partial charge is 0.261 e. The van der Waals surface area contributed by atoms with Crippen LogP contribution in [0.4, 0.5) is 15.8 Å². The second-order valence-corrected chi connectivity index (χ2v) is 21.3. The van der Waals surface area contributed by atoms with Crippen molar-refractivity contribution in [3.8, 4) is 21.8 Å². The van der Waals surface area contributed by atoms with Crippen LogP contribution in [0, 0.1) is 18.2 Å². The normalized spacial score (nSPS) is 16.6. The number of H-pyrrole nitrogens is 2. The Morgan fingerprint density at radius 1 is 0.883 bits per heavy atom. The number of carbonyl (C=O) groups is 3. The summed E-state index contributed by atoms with van der Waals surface area (Å²) in [6, 6.07) is 16.9. The quantitative estimate of drug-likeness (QED) is 0.0376. The standard InChI is InChI=1S/C55H72FN11O9S/c1-35-49(77-34-61-35)37-10-8-36(9-11-37)32-60-52(70)44-31-39(68)33-67(44)54(72)50(55(2,3)4)59-16-23-74-25-27-76-29-28-75-26-24-73-22-14-45(69)58-15-17-65-18-20-66(21-19-65)38-12-13-41-43(30-38)63-51(62-41)47-48(57)46-40(56)6-5-7-42(46)64-53(47)71/h5-13,30,34,39,44,50,59,68H,14-29,31-33H2,1-4H3,(H,58,69)(H,60,70)(H,62,63)(H3,57,64,71)/t39-,44+,50?/m1/s1. The third-order valence-corrected chi connectivity index (χ3v) is 14.8. The lowest BCUT2D eigenvalue weighted by atomic mass is 9.85. The number of aryl methyl sites for hydroxylation is 1. The predicted octanol–water partition coefficient (Wildman–Crippen LogP) is 4.20. The van der Waals surface area contributed by atoms with Crippen LogP contribution in [-0.4, -0.2) is 176 Å². The van der Waals surface area contributed by atoms with Gasteiger partial charge in [-0.05, 0) is 53.8 Å². The number of nitrogens with two attached hydrogens (primary N) is 1. The molecule has 3 aromatic heterocycles. The summed E-state index contributed by atoms with van der Waals surface area (Å²) < 4.78 is 37.2. The largest absolute Gasteiger partial charge is 0.397 e. The van der Waals surface area contributed by atoms with Gasteiger partial charge in [0, 0.05) is 77.4 Å². The summed E-state index contributed by atoms with van der Waals surface area (Å²) in [5.41, 5.74) is 13.0. The van der Waals surface area contributed by atoms with Gasteiger partial charge in [-0.2, -0.15) is 0 Å².